The summed E-state index contributed by atoms with van der Waals surface area (Å²) in [5, 5.41) is 3.30. The molecule has 0 bridgehead atoms. The van der Waals surface area contributed by atoms with Crippen LogP contribution in [0.5, 0.6) is 5.75 Å². The van der Waals surface area contributed by atoms with Crippen LogP contribution in [0.2, 0.25) is 0 Å². The molecule has 1 saturated heterocycles. The fourth-order valence-corrected chi connectivity index (χ4v) is 5.18. The molecule has 8 nitrogen and oxygen atoms in total. The largest absolute Gasteiger partial charge is 0.497 e. The first-order valence-corrected chi connectivity index (χ1v) is 12.4. The van der Waals surface area contributed by atoms with Crippen molar-refractivity contribution >= 4 is 27.5 Å². The van der Waals surface area contributed by atoms with Gasteiger partial charge in [0.05, 0.1) is 12.0 Å². The third-order valence-electron chi connectivity index (χ3n) is 5.70. The molecular formula is C24H29N5O3S. The Bertz CT molecular complexity index is 1190. The molecule has 9 heteroatoms. The first kappa shape index (κ1) is 23.0. The normalized spacial score (nSPS) is 14.8. The molecule has 174 valence electrons. The van der Waals surface area contributed by atoms with Gasteiger partial charge in [0.2, 0.25) is 16.0 Å². The molecule has 0 amide bonds. The number of methoxy groups -OCH3 is 1. The lowest BCUT2D eigenvalue weighted by Gasteiger charge is -2.34. The van der Waals surface area contributed by atoms with Crippen LogP contribution in [-0.4, -0.2) is 56.0 Å². The summed E-state index contributed by atoms with van der Waals surface area (Å²) >= 11 is 0. The Balaban J connectivity index is 1.44. The van der Waals surface area contributed by atoms with E-state index in [9.17, 15) is 8.42 Å². The Kier molecular flexibility index (Phi) is 6.80. The highest BCUT2D eigenvalue weighted by molar-refractivity contribution is 7.89. The standard InChI is InChI=1S/C24H29N5O3S/c1-4-19-5-11-22(12-6-19)33(30,31)29-15-13-28(14-16-29)24-25-18(2)17-23(27-24)26-20-7-9-21(32-3)10-8-20/h5-12,17H,4,13-16H2,1-3H3,(H,25,26,27). The van der Waals surface area contributed by atoms with Crippen molar-refractivity contribution in [2.75, 3.05) is 43.5 Å². The first-order chi connectivity index (χ1) is 15.9. The van der Waals surface area contributed by atoms with E-state index in [1.165, 1.54) is 4.31 Å². The predicted octanol–water partition coefficient (Wildman–Crippen LogP) is 3.61. The Morgan fingerprint density at radius 3 is 2.24 bits per heavy atom. The molecule has 0 aliphatic carbocycles. The molecule has 0 unspecified atom stereocenters. The van der Waals surface area contributed by atoms with Crippen molar-refractivity contribution in [3.8, 4) is 5.75 Å². The summed E-state index contributed by atoms with van der Waals surface area (Å²) < 4.78 is 32.8. The summed E-state index contributed by atoms with van der Waals surface area (Å²) in [5.41, 5.74) is 2.85. The number of nitrogens with one attached hydrogen (secondary N) is 1. The molecule has 1 aliphatic rings. The molecule has 0 spiro atoms. The van der Waals surface area contributed by atoms with Crippen LogP contribution in [0.1, 0.15) is 18.2 Å². The van der Waals surface area contributed by atoms with Gasteiger partial charge in [-0.25, -0.2) is 13.4 Å². The number of rotatable bonds is 7. The molecule has 0 radical (unpaired) electrons. The van der Waals surface area contributed by atoms with Crippen molar-refractivity contribution in [3.63, 3.8) is 0 Å². The van der Waals surface area contributed by atoms with Gasteiger partial charge in [-0.05, 0) is 55.3 Å². The number of nitrogens with zero attached hydrogens (tertiary/aromatic N) is 4. The quantitative estimate of drug-likeness (QED) is 0.568. The second-order valence-electron chi connectivity index (χ2n) is 7.94. The monoisotopic (exact) mass is 467 g/mol. The van der Waals surface area contributed by atoms with Crippen LogP contribution in [-0.2, 0) is 16.4 Å². The topological polar surface area (TPSA) is 87.7 Å². The average Bonchev–Trinajstić information content (AvgIpc) is 2.84. The number of hydrogen-bond donors (Lipinski definition) is 1. The maximum atomic E-state index is 13.0. The maximum absolute atomic E-state index is 13.0. The maximum Gasteiger partial charge on any atom is 0.243 e. The highest BCUT2D eigenvalue weighted by Gasteiger charge is 2.29. The molecular weight excluding hydrogens is 438 g/mol. The lowest BCUT2D eigenvalue weighted by atomic mass is 10.2. The lowest BCUT2D eigenvalue weighted by Crippen LogP contribution is -2.49. The number of aryl methyl sites for hydroxylation is 2. The van der Waals surface area contributed by atoms with Crippen molar-refractivity contribution in [1.82, 2.24) is 14.3 Å². The number of benzene rings is 2. The van der Waals surface area contributed by atoms with Crippen LogP contribution in [0, 0.1) is 6.92 Å². The number of anilines is 3. The fraction of sp³-hybridized carbons (Fsp3) is 0.333. The van der Waals surface area contributed by atoms with Crippen LogP contribution in [0.4, 0.5) is 17.5 Å². The molecule has 4 rings (SSSR count). The van der Waals surface area contributed by atoms with Crippen molar-refractivity contribution in [2.24, 2.45) is 0 Å². The van der Waals surface area contributed by atoms with Crippen LogP contribution in [0.15, 0.2) is 59.5 Å². The van der Waals surface area contributed by atoms with E-state index < -0.39 is 10.0 Å². The van der Waals surface area contributed by atoms with E-state index >= 15 is 0 Å². The summed E-state index contributed by atoms with van der Waals surface area (Å²) in [6.07, 6.45) is 0.880. The average molecular weight is 468 g/mol. The van der Waals surface area contributed by atoms with Gasteiger partial charge in [-0.2, -0.15) is 9.29 Å². The third-order valence-corrected chi connectivity index (χ3v) is 7.61. The van der Waals surface area contributed by atoms with Crippen LogP contribution in [0.25, 0.3) is 0 Å². The first-order valence-electron chi connectivity index (χ1n) is 11.0. The van der Waals surface area contributed by atoms with Gasteiger partial charge in [0.15, 0.2) is 0 Å². The third kappa shape index (κ3) is 5.26. The SMILES string of the molecule is CCc1ccc(S(=O)(=O)N2CCN(c3nc(C)cc(Nc4ccc(OC)cc4)n3)CC2)cc1. The van der Waals surface area contributed by atoms with Crippen molar-refractivity contribution in [1.29, 1.82) is 0 Å². The smallest absolute Gasteiger partial charge is 0.243 e. The van der Waals surface area contributed by atoms with Gasteiger partial charge in [-0.3, -0.25) is 0 Å². The van der Waals surface area contributed by atoms with Crippen LogP contribution < -0.4 is 15.0 Å². The van der Waals surface area contributed by atoms with Gasteiger partial charge in [0.1, 0.15) is 11.6 Å². The number of hydrogen-bond acceptors (Lipinski definition) is 7. The second-order valence-corrected chi connectivity index (χ2v) is 9.87. The number of sulfonamides is 1. The number of ether oxygens (including phenoxy) is 1. The van der Waals surface area contributed by atoms with Crippen LogP contribution in [0.3, 0.4) is 0 Å². The summed E-state index contributed by atoms with van der Waals surface area (Å²) in [4.78, 5) is 11.6. The summed E-state index contributed by atoms with van der Waals surface area (Å²) in [5.74, 6) is 2.07. The molecule has 2 heterocycles. The Morgan fingerprint density at radius 1 is 0.970 bits per heavy atom. The van der Waals surface area contributed by atoms with Gasteiger partial charge >= 0.3 is 0 Å². The minimum Gasteiger partial charge on any atom is -0.497 e. The minimum atomic E-state index is -3.51. The van der Waals surface area contributed by atoms with E-state index in [2.05, 4.69) is 15.3 Å². The van der Waals surface area contributed by atoms with E-state index in [1.807, 2.05) is 61.2 Å². The van der Waals surface area contributed by atoms with Crippen molar-refractivity contribution in [3.05, 3.63) is 65.9 Å². The zero-order chi connectivity index (χ0) is 23.4. The van der Waals surface area contributed by atoms with Gasteiger partial charge in [0, 0.05) is 43.6 Å². The summed E-state index contributed by atoms with van der Waals surface area (Å²) in [7, 11) is -1.88. The van der Waals surface area contributed by atoms with E-state index in [0.29, 0.717) is 42.8 Å². The van der Waals surface area contributed by atoms with E-state index in [1.54, 1.807) is 19.2 Å². The Labute approximate surface area is 195 Å². The molecule has 0 atom stereocenters. The summed E-state index contributed by atoms with van der Waals surface area (Å²) in [6.45, 7) is 5.79. The van der Waals surface area contributed by atoms with Gasteiger partial charge in [-0.1, -0.05) is 19.1 Å². The highest BCUT2D eigenvalue weighted by atomic mass is 32.2. The molecule has 33 heavy (non-hydrogen) atoms. The highest BCUT2D eigenvalue weighted by Crippen LogP contribution is 2.23. The molecule has 2 aromatic carbocycles. The molecule has 1 aliphatic heterocycles. The van der Waals surface area contributed by atoms with E-state index in [0.717, 1.165) is 29.1 Å². The van der Waals surface area contributed by atoms with Gasteiger partial charge < -0.3 is 15.0 Å². The van der Waals surface area contributed by atoms with Gasteiger partial charge in [0.25, 0.3) is 0 Å². The minimum absolute atomic E-state index is 0.339. The Morgan fingerprint density at radius 2 is 1.64 bits per heavy atom. The predicted molar refractivity (Wildman–Crippen MR) is 130 cm³/mol. The number of aromatic nitrogens is 2. The lowest BCUT2D eigenvalue weighted by molar-refractivity contribution is 0.382. The molecule has 1 aromatic heterocycles. The zero-order valence-corrected chi connectivity index (χ0v) is 20.0. The fourth-order valence-electron chi connectivity index (χ4n) is 3.76. The van der Waals surface area contributed by atoms with Gasteiger partial charge in [-0.15, -0.1) is 0 Å². The molecule has 3 aromatic rings. The molecule has 0 saturated carbocycles. The zero-order valence-electron chi connectivity index (χ0n) is 19.2. The summed E-state index contributed by atoms with van der Waals surface area (Å²) in [6, 6.07) is 16.6. The van der Waals surface area contributed by atoms with Crippen LogP contribution >= 0.6 is 0 Å². The van der Waals surface area contributed by atoms with Crippen molar-refractivity contribution < 1.29 is 13.2 Å². The second kappa shape index (κ2) is 9.76. The van der Waals surface area contributed by atoms with E-state index in [-0.39, 0.29) is 0 Å². The molecule has 1 N–H and O–H groups in total. The molecule has 1 fully saturated rings. The Hall–Kier alpha value is -3.17. The van der Waals surface area contributed by atoms with Crippen molar-refractivity contribution in [2.45, 2.75) is 25.2 Å². The van der Waals surface area contributed by atoms with E-state index in [4.69, 9.17) is 4.74 Å². The number of piperazine rings is 1.